The van der Waals surface area contributed by atoms with Crippen LogP contribution in [0.5, 0.6) is 0 Å². The number of aliphatic hydroxyl groups is 1. The maximum atomic E-state index is 12.0. The van der Waals surface area contributed by atoms with Gasteiger partial charge in [0.05, 0.1) is 6.10 Å². The Morgan fingerprint density at radius 1 is 1.21 bits per heavy atom. The zero-order valence-electron chi connectivity index (χ0n) is 14.3. The lowest BCUT2D eigenvalue weighted by Crippen LogP contribution is -2.48. The maximum Gasteiger partial charge on any atom is 0.313 e. The van der Waals surface area contributed by atoms with Gasteiger partial charge in [-0.25, -0.2) is 0 Å². The summed E-state index contributed by atoms with van der Waals surface area (Å²) in [5.74, 6) is -0.0346. The molecule has 1 unspecified atom stereocenters. The molecule has 1 N–H and O–H groups in total. The third kappa shape index (κ3) is 3.69. The Balaban J connectivity index is 1.74. The number of ether oxygens (including phenoxy) is 1. The maximum absolute atomic E-state index is 12.0. The van der Waals surface area contributed by atoms with Gasteiger partial charge in [-0.15, -0.1) is 0 Å². The van der Waals surface area contributed by atoms with Crippen molar-refractivity contribution in [1.29, 1.82) is 0 Å². The van der Waals surface area contributed by atoms with Gasteiger partial charge in [0.25, 0.3) is 0 Å². The molecule has 1 aromatic rings. The largest absolute Gasteiger partial charge is 0.458 e. The molecule has 0 spiro atoms. The molecule has 2 atom stereocenters. The van der Waals surface area contributed by atoms with E-state index < -0.39 is 11.7 Å². The lowest BCUT2D eigenvalue weighted by Gasteiger charge is -2.41. The molecule has 1 aliphatic heterocycles. The standard InChI is InChI=1S/C20H26O4/c1-14(21)16-8-6-15(7-9-16)10-11-20(17-4-2-3-5-17)13-18(22)12-19(23)24-20/h6-9,14,17,21H,2-5,10-13H2,1H3/t14-,20?/m0/s1. The Bertz CT molecular complexity index is 581. The Morgan fingerprint density at radius 3 is 2.46 bits per heavy atom. The fourth-order valence-electron chi connectivity index (χ4n) is 4.20. The van der Waals surface area contributed by atoms with Gasteiger partial charge in [0.1, 0.15) is 17.8 Å². The van der Waals surface area contributed by atoms with Crippen molar-refractivity contribution in [3.05, 3.63) is 35.4 Å². The topological polar surface area (TPSA) is 63.6 Å². The normalized spacial score (nSPS) is 26.4. The molecule has 0 radical (unpaired) electrons. The number of carbonyl (C=O) groups excluding carboxylic acids is 2. The number of aliphatic hydroxyl groups excluding tert-OH is 1. The summed E-state index contributed by atoms with van der Waals surface area (Å²) in [6.07, 6.45) is 5.69. The summed E-state index contributed by atoms with van der Waals surface area (Å²) in [6.45, 7) is 1.75. The first-order chi connectivity index (χ1) is 11.5. The molecule has 3 rings (SSSR count). The summed E-state index contributed by atoms with van der Waals surface area (Å²) in [5.41, 5.74) is 1.43. The number of aryl methyl sites for hydroxylation is 1. The van der Waals surface area contributed by atoms with Crippen LogP contribution in [-0.2, 0) is 20.7 Å². The predicted octanol–water partition coefficient (Wildman–Crippen LogP) is 3.51. The second kappa shape index (κ2) is 7.06. The van der Waals surface area contributed by atoms with Crippen LogP contribution < -0.4 is 0 Å². The van der Waals surface area contributed by atoms with Gasteiger partial charge in [-0.05, 0) is 49.7 Å². The number of carbonyl (C=O) groups is 2. The SMILES string of the molecule is C[C@H](O)c1ccc(CCC2(C3CCCC3)CC(=O)CC(=O)O2)cc1. The van der Waals surface area contributed by atoms with Gasteiger partial charge < -0.3 is 9.84 Å². The minimum atomic E-state index is -0.605. The van der Waals surface area contributed by atoms with Crippen molar-refractivity contribution in [3.8, 4) is 0 Å². The first-order valence-electron chi connectivity index (χ1n) is 8.99. The van der Waals surface area contributed by atoms with E-state index in [2.05, 4.69) is 0 Å². The molecule has 2 fully saturated rings. The number of hydrogen-bond acceptors (Lipinski definition) is 4. The van der Waals surface area contributed by atoms with E-state index in [4.69, 9.17) is 4.74 Å². The van der Waals surface area contributed by atoms with Crippen molar-refractivity contribution >= 4 is 11.8 Å². The lowest BCUT2D eigenvalue weighted by molar-refractivity contribution is -0.178. The van der Waals surface area contributed by atoms with Gasteiger partial charge in [0, 0.05) is 6.42 Å². The minimum absolute atomic E-state index is 0.0163. The highest BCUT2D eigenvalue weighted by Crippen LogP contribution is 2.43. The molecular formula is C20H26O4. The molecule has 2 aliphatic rings. The Morgan fingerprint density at radius 2 is 1.88 bits per heavy atom. The quantitative estimate of drug-likeness (QED) is 0.663. The smallest absolute Gasteiger partial charge is 0.313 e. The van der Waals surface area contributed by atoms with E-state index in [-0.39, 0.29) is 18.2 Å². The average molecular weight is 330 g/mol. The van der Waals surface area contributed by atoms with Crippen molar-refractivity contribution in [2.24, 2.45) is 5.92 Å². The van der Waals surface area contributed by atoms with Crippen molar-refractivity contribution in [2.45, 2.75) is 70.0 Å². The monoisotopic (exact) mass is 330 g/mol. The Kier molecular flexibility index (Phi) is 5.04. The highest BCUT2D eigenvalue weighted by molar-refractivity contribution is 5.98. The van der Waals surface area contributed by atoms with Crippen molar-refractivity contribution < 1.29 is 19.4 Å². The van der Waals surface area contributed by atoms with Gasteiger partial charge >= 0.3 is 5.97 Å². The number of esters is 1. The van der Waals surface area contributed by atoms with Crippen LogP contribution in [0.15, 0.2) is 24.3 Å². The molecule has 1 aliphatic carbocycles. The number of ketones is 1. The number of hydrogen-bond donors (Lipinski definition) is 1. The second-order valence-corrected chi connectivity index (χ2v) is 7.33. The molecule has 1 saturated carbocycles. The second-order valence-electron chi connectivity index (χ2n) is 7.33. The van der Waals surface area contributed by atoms with Gasteiger partial charge in [-0.2, -0.15) is 0 Å². The van der Waals surface area contributed by atoms with E-state index >= 15 is 0 Å². The van der Waals surface area contributed by atoms with Crippen molar-refractivity contribution in [2.75, 3.05) is 0 Å². The number of benzene rings is 1. The summed E-state index contributed by atoms with van der Waals surface area (Å²) < 4.78 is 5.81. The Labute approximate surface area is 143 Å². The fraction of sp³-hybridized carbons (Fsp3) is 0.600. The van der Waals surface area contributed by atoms with Crippen LogP contribution in [0, 0.1) is 5.92 Å². The first-order valence-corrected chi connectivity index (χ1v) is 8.99. The van der Waals surface area contributed by atoms with Crippen LogP contribution in [-0.4, -0.2) is 22.5 Å². The molecular weight excluding hydrogens is 304 g/mol. The molecule has 4 nitrogen and oxygen atoms in total. The third-order valence-electron chi connectivity index (χ3n) is 5.55. The fourth-order valence-corrected chi connectivity index (χ4v) is 4.20. The van der Waals surface area contributed by atoms with E-state index in [0.29, 0.717) is 18.8 Å². The molecule has 0 aromatic heterocycles. The van der Waals surface area contributed by atoms with Gasteiger partial charge in [0.2, 0.25) is 0 Å². The summed E-state index contributed by atoms with van der Waals surface area (Å²) >= 11 is 0. The van der Waals surface area contributed by atoms with Crippen molar-refractivity contribution in [3.63, 3.8) is 0 Å². The van der Waals surface area contributed by atoms with E-state index in [1.807, 2.05) is 24.3 Å². The third-order valence-corrected chi connectivity index (χ3v) is 5.55. The molecule has 1 aromatic carbocycles. The van der Waals surface area contributed by atoms with E-state index in [1.54, 1.807) is 6.92 Å². The summed E-state index contributed by atoms with van der Waals surface area (Å²) in [7, 11) is 0. The molecule has 1 heterocycles. The molecule has 24 heavy (non-hydrogen) atoms. The zero-order chi connectivity index (χ0) is 17.2. The average Bonchev–Trinajstić information content (AvgIpc) is 3.07. The van der Waals surface area contributed by atoms with E-state index in [9.17, 15) is 14.7 Å². The van der Waals surface area contributed by atoms with Crippen LogP contribution in [0.25, 0.3) is 0 Å². The van der Waals surface area contributed by atoms with Crippen molar-refractivity contribution in [1.82, 2.24) is 0 Å². The number of rotatable bonds is 5. The molecule has 130 valence electrons. The Hall–Kier alpha value is -1.68. The number of cyclic esters (lactones) is 1. The van der Waals surface area contributed by atoms with Crippen LogP contribution in [0.4, 0.5) is 0 Å². The van der Waals surface area contributed by atoms with Gasteiger partial charge in [-0.3, -0.25) is 9.59 Å². The van der Waals surface area contributed by atoms with Crippen LogP contribution >= 0.6 is 0 Å². The molecule has 0 bridgehead atoms. The molecule has 0 amide bonds. The van der Waals surface area contributed by atoms with E-state index in [1.165, 1.54) is 0 Å². The van der Waals surface area contributed by atoms with Crippen LogP contribution in [0.2, 0.25) is 0 Å². The van der Waals surface area contributed by atoms with E-state index in [0.717, 1.165) is 43.2 Å². The van der Waals surface area contributed by atoms with Crippen LogP contribution in [0.3, 0.4) is 0 Å². The lowest BCUT2D eigenvalue weighted by atomic mass is 9.76. The molecule has 4 heteroatoms. The zero-order valence-corrected chi connectivity index (χ0v) is 14.3. The summed E-state index contributed by atoms with van der Waals surface area (Å²) in [4.78, 5) is 24.0. The summed E-state index contributed by atoms with van der Waals surface area (Å²) in [6, 6.07) is 7.88. The predicted molar refractivity (Wildman–Crippen MR) is 90.4 cm³/mol. The first kappa shape index (κ1) is 17.2. The molecule has 1 saturated heterocycles. The van der Waals surface area contributed by atoms with Gasteiger partial charge in [-0.1, -0.05) is 37.1 Å². The number of Topliss-reactive ketones (excluding diaryl/α,β-unsaturated/α-hetero) is 1. The van der Waals surface area contributed by atoms with Crippen LogP contribution in [0.1, 0.15) is 69.1 Å². The highest BCUT2D eigenvalue weighted by atomic mass is 16.6. The van der Waals surface area contributed by atoms with Gasteiger partial charge in [0.15, 0.2) is 0 Å². The minimum Gasteiger partial charge on any atom is -0.458 e. The highest BCUT2D eigenvalue weighted by Gasteiger charge is 2.47. The summed E-state index contributed by atoms with van der Waals surface area (Å²) in [5, 5.41) is 9.60.